The number of aromatic nitrogens is 2. The first-order valence-electron chi connectivity index (χ1n) is 9.08. The Balaban J connectivity index is 1.50. The van der Waals surface area contributed by atoms with Crippen molar-refractivity contribution in [1.82, 2.24) is 14.5 Å². The van der Waals surface area contributed by atoms with Crippen LogP contribution < -0.4 is 0 Å². The molecule has 0 unspecified atom stereocenters. The van der Waals surface area contributed by atoms with Crippen LogP contribution in [0.2, 0.25) is 5.02 Å². The molecule has 0 N–H and O–H groups in total. The number of halogens is 1. The second kappa shape index (κ2) is 8.49. The van der Waals surface area contributed by atoms with Crippen LogP contribution in [0.15, 0.2) is 36.7 Å². The van der Waals surface area contributed by atoms with Gasteiger partial charge in [-0.15, -0.1) is 0 Å². The average molecular weight is 374 g/mol. The number of hydrogen-bond donors (Lipinski definition) is 0. The third kappa shape index (κ3) is 4.52. The number of hydrogen-bond acceptors (Lipinski definition) is 3. The maximum atomic E-state index is 12.6. The van der Waals surface area contributed by atoms with Crippen molar-refractivity contribution in [1.29, 1.82) is 0 Å². The summed E-state index contributed by atoms with van der Waals surface area (Å²) in [7, 11) is 1.82. The van der Waals surface area contributed by atoms with Crippen molar-refractivity contribution in [3.8, 4) is 0 Å². The van der Waals surface area contributed by atoms with Gasteiger partial charge in [0.25, 0.3) is 0 Å². The maximum Gasteiger partial charge on any atom is 0.222 e. The zero-order chi connectivity index (χ0) is 18.5. The first-order chi connectivity index (χ1) is 12.5. The molecular formula is C20H24ClN3O2. The normalized spacial score (nSPS) is 17.3. The third-order valence-electron chi connectivity index (χ3n) is 4.96. The number of benzene rings is 1. The minimum absolute atomic E-state index is 0.0381. The number of likely N-dealkylation sites (tertiary alicyclic amines) is 1. The lowest BCUT2D eigenvalue weighted by Crippen LogP contribution is -2.42. The molecule has 0 spiro atoms. The molecule has 3 rings (SSSR count). The number of carbonyl (C=O) groups excluding carboxylic acids is 2. The van der Waals surface area contributed by atoms with Gasteiger partial charge in [0.2, 0.25) is 11.7 Å². The van der Waals surface area contributed by atoms with E-state index in [-0.39, 0.29) is 17.6 Å². The van der Waals surface area contributed by atoms with E-state index in [1.807, 2.05) is 36.2 Å². The van der Waals surface area contributed by atoms with Crippen LogP contribution in [0.3, 0.4) is 0 Å². The van der Waals surface area contributed by atoms with E-state index >= 15 is 0 Å². The molecule has 1 aliphatic rings. The molecule has 6 heteroatoms. The van der Waals surface area contributed by atoms with Gasteiger partial charge in [0, 0.05) is 49.9 Å². The first-order valence-corrected chi connectivity index (χ1v) is 9.46. The molecule has 1 saturated heterocycles. The quantitative estimate of drug-likeness (QED) is 0.728. The molecule has 1 atom stereocenters. The third-order valence-corrected chi connectivity index (χ3v) is 5.21. The number of nitrogens with zero attached hydrogens (tertiary/aromatic N) is 3. The van der Waals surface area contributed by atoms with Gasteiger partial charge >= 0.3 is 0 Å². The second-order valence-electron chi connectivity index (χ2n) is 6.88. The van der Waals surface area contributed by atoms with Crippen molar-refractivity contribution in [2.45, 2.75) is 32.1 Å². The fourth-order valence-electron chi connectivity index (χ4n) is 3.46. The van der Waals surface area contributed by atoms with Crippen LogP contribution in [0.4, 0.5) is 0 Å². The molecule has 1 aliphatic heterocycles. The zero-order valence-electron chi connectivity index (χ0n) is 15.0. The predicted octanol–water partition coefficient (Wildman–Crippen LogP) is 3.52. The molecule has 138 valence electrons. The van der Waals surface area contributed by atoms with E-state index in [4.69, 9.17) is 11.6 Å². The summed E-state index contributed by atoms with van der Waals surface area (Å²) in [4.78, 5) is 31.2. The van der Waals surface area contributed by atoms with E-state index in [1.165, 1.54) is 5.56 Å². The lowest BCUT2D eigenvalue weighted by atomic mass is 9.93. The predicted molar refractivity (Wildman–Crippen MR) is 101 cm³/mol. The van der Waals surface area contributed by atoms with Crippen LogP contribution in [0.25, 0.3) is 0 Å². The highest BCUT2D eigenvalue weighted by atomic mass is 35.5. The van der Waals surface area contributed by atoms with E-state index in [1.54, 1.807) is 17.0 Å². The molecule has 2 heterocycles. The van der Waals surface area contributed by atoms with Gasteiger partial charge in [0.05, 0.1) is 0 Å². The topological polar surface area (TPSA) is 55.2 Å². The van der Waals surface area contributed by atoms with Crippen LogP contribution >= 0.6 is 11.6 Å². The lowest BCUT2D eigenvalue weighted by molar-refractivity contribution is -0.132. The fraction of sp³-hybridized carbons (Fsp3) is 0.450. The fourth-order valence-corrected chi connectivity index (χ4v) is 3.58. The highest BCUT2D eigenvalue weighted by molar-refractivity contribution is 6.30. The van der Waals surface area contributed by atoms with Crippen molar-refractivity contribution >= 4 is 23.3 Å². The molecule has 5 nitrogen and oxygen atoms in total. The molecule has 1 fully saturated rings. The summed E-state index contributed by atoms with van der Waals surface area (Å²) in [5.74, 6) is 0.504. The van der Waals surface area contributed by atoms with Gasteiger partial charge in [-0.2, -0.15) is 0 Å². The largest absolute Gasteiger partial charge is 0.342 e. The molecule has 0 saturated carbocycles. The summed E-state index contributed by atoms with van der Waals surface area (Å²) in [6, 6.07) is 7.73. The number of Topliss-reactive ketones (excluding diaryl/α,β-unsaturated/α-hetero) is 1. The van der Waals surface area contributed by atoms with Crippen molar-refractivity contribution in [2.75, 3.05) is 13.1 Å². The van der Waals surface area contributed by atoms with Gasteiger partial charge in [-0.1, -0.05) is 23.7 Å². The highest BCUT2D eigenvalue weighted by Crippen LogP contribution is 2.21. The van der Waals surface area contributed by atoms with E-state index in [2.05, 4.69) is 4.98 Å². The molecule has 1 aromatic heterocycles. The molecule has 26 heavy (non-hydrogen) atoms. The molecule has 1 aromatic carbocycles. The zero-order valence-corrected chi connectivity index (χ0v) is 15.8. The van der Waals surface area contributed by atoms with E-state index < -0.39 is 0 Å². The highest BCUT2D eigenvalue weighted by Gasteiger charge is 2.30. The lowest BCUT2D eigenvalue weighted by Gasteiger charge is -2.32. The molecule has 0 aliphatic carbocycles. The summed E-state index contributed by atoms with van der Waals surface area (Å²) in [6.07, 6.45) is 7.25. The SMILES string of the molecule is Cn1ccnc1C(=O)[C@H]1CCCN(C(=O)CCCc2ccc(Cl)cc2)C1. The van der Waals surface area contributed by atoms with Crippen LogP contribution in [-0.4, -0.2) is 39.2 Å². The van der Waals surface area contributed by atoms with Crippen molar-refractivity contribution in [2.24, 2.45) is 13.0 Å². The Bertz CT molecular complexity index is 770. The van der Waals surface area contributed by atoms with E-state index in [0.717, 1.165) is 37.3 Å². The summed E-state index contributed by atoms with van der Waals surface area (Å²) < 4.78 is 1.75. The summed E-state index contributed by atoms with van der Waals surface area (Å²) in [5.41, 5.74) is 1.18. The minimum Gasteiger partial charge on any atom is -0.342 e. The molecule has 1 amide bonds. The summed E-state index contributed by atoms with van der Waals surface area (Å²) in [5, 5.41) is 0.724. The molecule has 0 radical (unpaired) electrons. The molecular weight excluding hydrogens is 350 g/mol. The Morgan fingerprint density at radius 1 is 1.27 bits per heavy atom. The summed E-state index contributed by atoms with van der Waals surface area (Å²) >= 11 is 5.89. The number of ketones is 1. The van der Waals surface area contributed by atoms with Crippen molar-refractivity contribution < 1.29 is 9.59 Å². The van der Waals surface area contributed by atoms with Crippen LogP contribution in [0.1, 0.15) is 41.9 Å². The number of amides is 1. The van der Waals surface area contributed by atoms with Gasteiger partial charge in [0.15, 0.2) is 5.82 Å². The monoisotopic (exact) mass is 373 g/mol. The minimum atomic E-state index is -0.148. The standard InChI is InChI=1S/C20H24ClN3O2/c1-23-13-11-22-20(23)19(26)16-5-3-12-24(14-16)18(25)6-2-4-15-7-9-17(21)10-8-15/h7-11,13,16H,2-6,12,14H2,1H3/t16-/m0/s1. The Morgan fingerprint density at radius 2 is 2.04 bits per heavy atom. The van der Waals surface area contributed by atoms with Crippen molar-refractivity contribution in [3.05, 3.63) is 53.1 Å². The molecule has 0 bridgehead atoms. The number of aryl methyl sites for hydroxylation is 2. The first kappa shape index (κ1) is 18.6. The number of imidazole rings is 1. The summed E-state index contributed by atoms with van der Waals surface area (Å²) in [6.45, 7) is 1.25. The Labute approximate surface area is 159 Å². The van der Waals surface area contributed by atoms with Gasteiger partial charge in [-0.05, 0) is 43.4 Å². The van der Waals surface area contributed by atoms with Gasteiger partial charge in [-0.3, -0.25) is 9.59 Å². The maximum absolute atomic E-state index is 12.6. The van der Waals surface area contributed by atoms with Crippen LogP contribution in [0.5, 0.6) is 0 Å². The van der Waals surface area contributed by atoms with E-state index in [9.17, 15) is 9.59 Å². The van der Waals surface area contributed by atoms with E-state index in [0.29, 0.717) is 18.8 Å². The van der Waals surface area contributed by atoms with Crippen LogP contribution in [-0.2, 0) is 18.3 Å². The molecule has 2 aromatic rings. The number of piperidine rings is 1. The van der Waals surface area contributed by atoms with Gasteiger partial charge < -0.3 is 9.47 Å². The smallest absolute Gasteiger partial charge is 0.222 e. The Morgan fingerprint density at radius 3 is 2.73 bits per heavy atom. The Hall–Kier alpha value is -2.14. The van der Waals surface area contributed by atoms with Crippen LogP contribution in [0, 0.1) is 5.92 Å². The van der Waals surface area contributed by atoms with Gasteiger partial charge in [0.1, 0.15) is 0 Å². The Kier molecular flexibility index (Phi) is 6.09. The number of carbonyl (C=O) groups is 2. The average Bonchev–Trinajstić information content (AvgIpc) is 3.08. The number of rotatable bonds is 6. The van der Waals surface area contributed by atoms with Crippen molar-refractivity contribution in [3.63, 3.8) is 0 Å². The second-order valence-corrected chi connectivity index (χ2v) is 7.32. The van der Waals surface area contributed by atoms with Gasteiger partial charge in [-0.25, -0.2) is 4.98 Å².